The van der Waals surface area contributed by atoms with Gasteiger partial charge in [0.25, 0.3) is 0 Å². The smallest absolute Gasteiger partial charge is 0.240 e. The lowest BCUT2D eigenvalue weighted by Crippen LogP contribution is -2.34. The molecule has 1 unspecified atom stereocenters. The van der Waals surface area contributed by atoms with Gasteiger partial charge in [-0.3, -0.25) is 0 Å². The Labute approximate surface area is 111 Å². The van der Waals surface area contributed by atoms with E-state index >= 15 is 0 Å². The summed E-state index contributed by atoms with van der Waals surface area (Å²) in [4.78, 5) is -0.207. The lowest BCUT2D eigenvalue weighted by atomic mass is 10.1. The highest BCUT2D eigenvalue weighted by atomic mass is 32.2. The summed E-state index contributed by atoms with van der Waals surface area (Å²) in [5.41, 5.74) is -0.340. The number of benzene rings is 1. The normalized spacial score (nSPS) is 13.3. The van der Waals surface area contributed by atoms with Gasteiger partial charge < -0.3 is 5.11 Å². The number of halogens is 1. The Kier molecular flexibility index (Phi) is 5.00. The summed E-state index contributed by atoms with van der Waals surface area (Å²) in [7, 11) is -3.87. The van der Waals surface area contributed by atoms with Gasteiger partial charge in [-0.05, 0) is 24.1 Å². The fourth-order valence-electron chi connectivity index (χ4n) is 1.27. The second-order valence-electron chi connectivity index (χ2n) is 4.42. The minimum atomic E-state index is -3.87. The van der Waals surface area contributed by atoms with Crippen molar-refractivity contribution >= 4 is 10.0 Å². The first-order valence-corrected chi connectivity index (χ1v) is 7.13. The van der Waals surface area contributed by atoms with E-state index in [0.717, 1.165) is 18.2 Å². The van der Waals surface area contributed by atoms with Gasteiger partial charge in [-0.25, -0.2) is 17.5 Å². The van der Waals surface area contributed by atoms with Crippen LogP contribution in [0.15, 0.2) is 23.1 Å². The molecule has 0 saturated carbocycles. The maximum absolute atomic E-state index is 13.1. The molecule has 5 nitrogen and oxygen atoms in total. The molecule has 0 aromatic heterocycles. The van der Waals surface area contributed by atoms with Crippen LogP contribution in [0, 0.1) is 23.1 Å². The van der Waals surface area contributed by atoms with E-state index in [1.807, 2.05) is 0 Å². The highest BCUT2D eigenvalue weighted by Gasteiger charge is 2.18. The molecule has 0 radical (unpaired) electrons. The summed E-state index contributed by atoms with van der Waals surface area (Å²) >= 11 is 0. The zero-order valence-corrected chi connectivity index (χ0v) is 11.4. The van der Waals surface area contributed by atoms with E-state index < -0.39 is 21.9 Å². The number of sulfonamides is 1. The topological polar surface area (TPSA) is 90.2 Å². The number of nitriles is 1. The fraction of sp³-hybridized carbons (Fsp3) is 0.417. The minimum Gasteiger partial charge on any atom is -0.391 e. The standard InChI is InChI=1S/C12H15FN2O3S/c1-8(2)12(16)7-15-19(17,18)10-3-4-11(13)9(5-10)6-14/h3-5,8,12,15-16H,7H2,1-2H3. The maximum atomic E-state index is 13.1. The molecule has 0 heterocycles. The van der Waals surface area contributed by atoms with Crippen molar-refractivity contribution in [1.82, 2.24) is 4.72 Å². The molecule has 0 aliphatic heterocycles. The maximum Gasteiger partial charge on any atom is 0.240 e. The van der Waals surface area contributed by atoms with Crippen molar-refractivity contribution in [3.05, 3.63) is 29.6 Å². The van der Waals surface area contributed by atoms with Crippen LogP contribution in [0.4, 0.5) is 4.39 Å². The van der Waals surface area contributed by atoms with E-state index in [9.17, 15) is 17.9 Å². The van der Waals surface area contributed by atoms with Gasteiger partial charge in [0, 0.05) is 6.54 Å². The average Bonchev–Trinajstić information content (AvgIpc) is 2.36. The fourth-order valence-corrected chi connectivity index (χ4v) is 2.35. The summed E-state index contributed by atoms with van der Waals surface area (Å²) in [5.74, 6) is -0.866. The predicted octanol–water partition coefficient (Wildman–Crippen LogP) is 0.993. The lowest BCUT2D eigenvalue weighted by molar-refractivity contribution is 0.129. The molecule has 1 aromatic carbocycles. The summed E-state index contributed by atoms with van der Waals surface area (Å²) in [6.45, 7) is 3.37. The molecule has 7 heteroatoms. The van der Waals surface area contributed by atoms with E-state index in [2.05, 4.69) is 4.72 Å². The third-order valence-electron chi connectivity index (χ3n) is 2.62. The Morgan fingerprint density at radius 3 is 2.63 bits per heavy atom. The van der Waals surface area contributed by atoms with E-state index in [1.165, 1.54) is 0 Å². The van der Waals surface area contributed by atoms with Gasteiger partial charge in [-0.15, -0.1) is 0 Å². The zero-order valence-electron chi connectivity index (χ0n) is 10.6. The molecule has 0 bridgehead atoms. The van der Waals surface area contributed by atoms with Gasteiger partial charge in [-0.1, -0.05) is 13.8 Å². The van der Waals surface area contributed by atoms with Crippen molar-refractivity contribution in [3.63, 3.8) is 0 Å². The van der Waals surface area contributed by atoms with Crippen LogP contribution in [-0.2, 0) is 10.0 Å². The van der Waals surface area contributed by atoms with E-state index in [-0.39, 0.29) is 22.9 Å². The van der Waals surface area contributed by atoms with Crippen LogP contribution in [-0.4, -0.2) is 26.2 Å². The molecule has 1 aromatic rings. The predicted molar refractivity (Wildman–Crippen MR) is 67.1 cm³/mol. The molecule has 1 atom stereocenters. The number of hydrogen-bond acceptors (Lipinski definition) is 4. The molecule has 2 N–H and O–H groups in total. The van der Waals surface area contributed by atoms with Crippen LogP contribution in [0.1, 0.15) is 19.4 Å². The molecule has 0 saturated heterocycles. The third-order valence-corrected chi connectivity index (χ3v) is 4.04. The average molecular weight is 286 g/mol. The molecule has 19 heavy (non-hydrogen) atoms. The molecule has 0 aliphatic carbocycles. The highest BCUT2D eigenvalue weighted by Crippen LogP contribution is 2.14. The summed E-state index contributed by atoms with van der Waals surface area (Å²) in [6, 6.07) is 4.52. The molecule has 1 rings (SSSR count). The highest BCUT2D eigenvalue weighted by molar-refractivity contribution is 7.89. The van der Waals surface area contributed by atoms with E-state index in [0.29, 0.717) is 0 Å². The number of nitrogens with zero attached hydrogens (tertiary/aromatic N) is 1. The van der Waals surface area contributed by atoms with Crippen LogP contribution >= 0.6 is 0 Å². The number of rotatable bonds is 5. The second kappa shape index (κ2) is 6.10. The van der Waals surface area contributed by atoms with Crippen molar-refractivity contribution in [2.75, 3.05) is 6.54 Å². The number of nitrogens with one attached hydrogen (secondary N) is 1. The lowest BCUT2D eigenvalue weighted by Gasteiger charge is -2.15. The molecular weight excluding hydrogens is 271 g/mol. The second-order valence-corrected chi connectivity index (χ2v) is 6.18. The number of aliphatic hydroxyl groups excluding tert-OH is 1. The van der Waals surface area contributed by atoms with Gasteiger partial charge >= 0.3 is 0 Å². The molecule has 0 spiro atoms. The monoisotopic (exact) mass is 286 g/mol. The van der Waals surface area contributed by atoms with Crippen molar-refractivity contribution in [3.8, 4) is 6.07 Å². The van der Waals surface area contributed by atoms with Crippen molar-refractivity contribution in [1.29, 1.82) is 5.26 Å². The van der Waals surface area contributed by atoms with E-state index in [1.54, 1.807) is 19.9 Å². The van der Waals surface area contributed by atoms with Crippen molar-refractivity contribution in [2.45, 2.75) is 24.8 Å². The first-order valence-electron chi connectivity index (χ1n) is 5.65. The molecular formula is C12H15FN2O3S. The molecule has 0 fully saturated rings. The first kappa shape index (κ1) is 15.6. The first-order chi connectivity index (χ1) is 8.77. The quantitative estimate of drug-likeness (QED) is 0.844. The van der Waals surface area contributed by atoms with Crippen LogP contribution < -0.4 is 4.72 Å². The molecule has 104 valence electrons. The summed E-state index contributed by atoms with van der Waals surface area (Å²) in [5, 5.41) is 18.2. The van der Waals surface area contributed by atoms with Crippen LogP contribution in [0.5, 0.6) is 0 Å². The van der Waals surface area contributed by atoms with Gasteiger partial charge in [0.2, 0.25) is 10.0 Å². The van der Waals surface area contributed by atoms with Gasteiger partial charge in [0.05, 0.1) is 16.6 Å². The Morgan fingerprint density at radius 2 is 2.11 bits per heavy atom. The van der Waals surface area contributed by atoms with Gasteiger partial charge in [0.1, 0.15) is 11.9 Å². The Bertz CT molecular complexity index is 593. The van der Waals surface area contributed by atoms with Crippen LogP contribution in [0.2, 0.25) is 0 Å². The van der Waals surface area contributed by atoms with Crippen LogP contribution in [0.25, 0.3) is 0 Å². The minimum absolute atomic E-state index is 0.0920. The molecule has 0 aliphatic rings. The van der Waals surface area contributed by atoms with Crippen LogP contribution in [0.3, 0.4) is 0 Å². The summed E-state index contributed by atoms with van der Waals surface area (Å²) < 4.78 is 39.1. The van der Waals surface area contributed by atoms with E-state index in [4.69, 9.17) is 5.26 Å². The Balaban J connectivity index is 2.93. The Morgan fingerprint density at radius 1 is 1.47 bits per heavy atom. The number of aliphatic hydroxyl groups is 1. The zero-order chi connectivity index (χ0) is 14.6. The van der Waals surface area contributed by atoms with Crippen molar-refractivity contribution < 1.29 is 17.9 Å². The van der Waals surface area contributed by atoms with Crippen molar-refractivity contribution in [2.24, 2.45) is 5.92 Å². The Hall–Kier alpha value is -1.49. The van der Waals surface area contributed by atoms with Gasteiger partial charge in [-0.2, -0.15) is 5.26 Å². The van der Waals surface area contributed by atoms with Gasteiger partial charge in [0.15, 0.2) is 0 Å². The third kappa shape index (κ3) is 3.99. The molecule has 0 amide bonds. The SMILES string of the molecule is CC(C)C(O)CNS(=O)(=O)c1ccc(F)c(C#N)c1. The summed E-state index contributed by atoms with van der Waals surface area (Å²) in [6.07, 6.45) is -0.814. The number of hydrogen-bond donors (Lipinski definition) is 2. The largest absolute Gasteiger partial charge is 0.391 e.